The molecule has 2 fully saturated rings. The van der Waals surface area contributed by atoms with Gasteiger partial charge in [-0.1, -0.05) is 19.3 Å². The molecule has 1 aliphatic carbocycles. The van der Waals surface area contributed by atoms with E-state index in [1.165, 1.54) is 32.1 Å². The Hall–Kier alpha value is -0.370. The molecule has 0 aromatic carbocycles. The van der Waals surface area contributed by atoms with Gasteiger partial charge in [-0.05, 0) is 45.8 Å². The van der Waals surface area contributed by atoms with Crippen molar-refractivity contribution in [3.05, 3.63) is 0 Å². The number of likely N-dealkylation sites (tertiary alicyclic amines) is 1. The van der Waals surface area contributed by atoms with Crippen molar-refractivity contribution < 1.29 is 4.79 Å². The van der Waals surface area contributed by atoms with Crippen molar-refractivity contribution in [2.45, 2.75) is 44.9 Å². The van der Waals surface area contributed by atoms with E-state index in [-0.39, 0.29) is 0 Å². The molecule has 0 bridgehead atoms. The molecule has 0 atom stereocenters. The number of rotatable bonds is 2. The molecule has 2 nitrogen and oxygen atoms in total. The summed E-state index contributed by atoms with van der Waals surface area (Å²) in [6.07, 6.45) is 8.46. The maximum atomic E-state index is 12.2. The second-order valence-corrected chi connectivity index (χ2v) is 5.31. The topological polar surface area (TPSA) is 20.3 Å². The number of nitrogens with zero attached hydrogens (tertiary/aromatic N) is 1. The molecule has 0 N–H and O–H groups in total. The van der Waals surface area contributed by atoms with E-state index >= 15 is 0 Å². The maximum Gasteiger partial charge on any atom is 0.139 e. The van der Waals surface area contributed by atoms with Crippen LogP contribution in [0, 0.1) is 11.8 Å². The molecule has 0 aromatic rings. The second-order valence-electron chi connectivity index (χ2n) is 5.31. The quantitative estimate of drug-likeness (QED) is 0.696. The minimum absolute atomic E-state index is 0.393. The van der Waals surface area contributed by atoms with Crippen molar-refractivity contribution in [3.8, 4) is 0 Å². The second kappa shape index (κ2) is 5.11. The molecule has 0 spiro atoms. The molecule has 2 rings (SSSR count). The van der Waals surface area contributed by atoms with Gasteiger partial charge >= 0.3 is 0 Å². The highest BCUT2D eigenvalue weighted by Crippen LogP contribution is 2.29. The third kappa shape index (κ3) is 2.81. The summed E-state index contributed by atoms with van der Waals surface area (Å²) < 4.78 is 0. The number of piperidine rings is 1. The van der Waals surface area contributed by atoms with Gasteiger partial charge in [0.2, 0.25) is 0 Å². The molecule has 2 aliphatic rings. The van der Waals surface area contributed by atoms with Crippen LogP contribution in [0.3, 0.4) is 0 Å². The van der Waals surface area contributed by atoms with Gasteiger partial charge in [0, 0.05) is 11.8 Å². The van der Waals surface area contributed by atoms with Crippen molar-refractivity contribution in [1.29, 1.82) is 0 Å². The Balaban J connectivity index is 1.84. The Morgan fingerprint density at radius 3 is 2.07 bits per heavy atom. The summed E-state index contributed by atoms with van der Waals surface area (Å²) in [5, 5.41) is 0. The average molecular weight is 209 g/mol. The third-order valence-electron chi connectivity index (χ3n) is 4.13. The van der Waals surface area contributed by atoms with Crippen molar-refractivity contribution >= 4 is 5.78 Å². The molecule has 15 heavy (non-hydrogen) atoms. The van der Waals surface area contributed by atoms with Gasteiger partial charge in [0.1, 0.15) is 5.78 Å². The first-order valence-electron chi connectivity index (χ1n) is 6.49. The van der Waals surface area contributed by atoms with Gasteiger partial charge in [-0.15, -0.1) is 0 Å². The van der Waals surface area contributed by atoms with Crippen LogP contribution in [0.4, 0.5) is 0 Å². The summed E-state index contributed by atoms with van der Waals surface area (Å²) >= 11 is 0. The molecule has 1 heterocycles. The summed E-state index contributed by atoms with van der Waals surface area (Å²) in [7, 11) is 2.15. The van der Waals surface area contributed by atoms with Crippen LogP contribution in [-0.4, -0.2) is 30.8 Å². The first kappa shape index (κ1) is 11.1. The number of carbonyl (C=O) groups excluding carboxylic acids is 1. The molecular formula is C13H23NO. The zero-order chi connectivity index (χ0) is 10.7. The smallest absolute Gasteiger partial charge is 0.139 e. The lowest BCUT2D eigenvalue weighted by Gasteiger charge is -2.31. The summed E-state index contributed by atoms with van der Waals surface area (Å²) in [4.78, 5) is 14.6. The number of carbonyl (C=O) groups is 1. The number of hydrogen-bond donors (Lipinski definition) is 0. The van der Waals surface area contributed by atoms with Crippen LogP contribution in [-0.2, 0) is 4.79 Å². The minimum Gasteiger partial charge on any atom is -0.306 e. The standard InChI is InChI=1S/C13H23NO/c1-14-9-7-12(8-10-14)13(15)11-5-3-2-4-6-11/h11-12H,2-10H2,1H3. The molecule has 1 saturated heterocycles. The summed E-state index contributed by atoms with van der Waals surface area (Å²) in [5.41, 5.74) is 0. The fourth-order valence-electron chi connectivity index (χ4n) is 3.01. The lowest BCUT2D eigenvalue weighted by atomic mass is 9.79. The van der Waals surface area contributed by atoms with Gasteiger partial charge in [0.25, 0.3) is 0 Å². The van der Waals surface area contributed by atoms with E-state index in [2.05, 4.69) is 11.9 Å². The SMILES string of the molecule is CN1CCC(C(=O)C2CCCCC2)CC1. The minimum atomic E-state index is 0.393. The highest BCUT2D eigenvalue weighted by molar-refractivity contribution is 5.83. The van der Waals surface area contributed by atoms with Gasteiger partial charge in [-0.25, -0.2) is 0 Å². The van der Waals surface area contributed by atoms with E-state index in [4.69, 9.17) is 0 Å². The zero-order valence-corrected chi connectivity index (χ0v) is 9.87. The first-order chi connectivity index (χ1) is 7.27. The van der Waals surface area contributed by atoms with Crippen LogP contribution in [0.15, 0.2) is 0 Å². The Labute approximate surface area is 93.0 Å². The van der Waals surface area contributed by atoms with Crippen LogP contribution in [0.1, 0.15) is 44.9 Å². The van der Waals surface area contributed by atoms with Crippen molar-refractivity contribution in [2.24, 2.45) is 11.8 Å². The Morgan fingerprint density at radius 2 is 1.47 bits per heavy atom. The number of hydrogen-bond acceptors (Lipinski definition) is 2. The Morgan fingerprint density at radius 1 is 0.933 bits per heavy atom. The monoisotopic (exact) mass is 209 g/mol. The van der Waals surface area contributed by atoms with Crippen LogP contribution < -0.4 is 0 Å². The predicted octanol–water partition coefficient (Wildman–Crippen LogP) is 2.48. The van der Waals surface area contributed by atoms with E-state index in [9.17, 15) is 4.79 Å². The van der Waals surface area contributed by atoms with E-state index in [0.29, 0.717) is 17.6 Å². The number of Topliss-reactive ketones (excluding diaryl/α,β-unsaturated/α-hetero) is 1. The van der Waals surface area contributed by atoms with E-state index < -0.39 is 0 Å². The highest BCUT2D eigenvalue weighted by atomic mass is 16.1. The Bertz CT molecular complexity index is 213. The zero-order valence-electron chi connectivity index (χ0n) is 9.87. The molecule has 1 aliphatic heterocycles. The number of ketones is 1. The molecule has 0 unspecified atom stereocenters. The molecule has 1 saturated carbocycles. The molecular weight excluding hydrogens is 186 g/mol. The molecule has 0 amide bonds. The molecule has 2 heteroatoms. The van der Waals surface area contributed by atoms with E-state index in [0.717, 1.165) is 25.9 Å². The highest BCUT2D eigenvalue weighted by Gasteiger charge is 2.29. The summed E-state index contributed by atoms with van der Waals surface area (Å²) in [6, 6.07) is 0. The lowest BCUT2D eigenvalue weighted by Crippen LogP contribution is -2.36. The van der Waals surface area contributed by atoms with Gasteiger partial charge in [-0.2, -0.15) is 0 Å². The fraction of sp³-hybridized carbons (Fsp3) is 0.923. The van der Waals surface area contributed by atoms with Crippen LogP contribution >= 0.6 is 0 Å². The van der Waals surface area contributed by atoms with Crippen molar-refractivity contribution in [2.75, 3.05) is 20.1 Å². The van der Waals surface area contributed by atoms with E-state index in [1.807, 2.05) is 0 Å². The molecule has 0 aromatic heterocycles. The van der Waals surface area contributed by atoms with Gasteiger partial charge in [-0.3, -0.25) is 4.79 Å². The average Bonchev–Trinajstić information content (AvgIpc) is 2.30. The van der Waals surface area contributed by atoms with Crippen LogP contribution in [0.5, 0.6) is 0 Å². The lowest BCUT2D eigenvalue weighted by molar-refractivity contribution is -0.129. The van der Waals surface area contributed by atoms with Crippen molar-refractivity contribution in [1.82, 2.24) is 4.90 Å². The predicted molar refractivity (Wildman–Crippen MR) is 61.8 cm³/mol. The van der Waals surface area contributed by atoms with Gasteiger partial charge in [0.15, 0.2) is 0 Å². The van der Waals surface area contributed by atoms with Crippen LogP contribution in [0.2, 0.25) is 0 Å². The van der Waals surface area contributed by atoms with Crippen LogP contribution in [0.25, 0.3) is 0 Å². The largest absolute Gasteiger partial charge is 0.306 e. The molecule has 86 valence electrons. The normalized spacial score (nSPS) is 26.7. The van der Waals surface area contributed by atoms with Crippen molar-refractivity contribution in [3.63, 3.8) is 0 Å². The summed E-state index contributed by atoms with van der Waals surface area (Å²) in [5.74, 6) is 1.42. The van der Waals surface area contributed by atoms with Gasteiger partial charge < -0.3 is 4.90 Å². The maximum absolute atomic E-state index is 12.2. The summed E-state index contributed by atoms with van der Waals surface area (Å²) in [6.45, 7) is 2.23. The van der Waals surface area contributed by atoms with Gasteiger partial charge in [0.05, 0.1) is 0 Å². The third-order valence-corrected chi connectivity index (χ3v) is 4.13. The fourth-order valence-corrected chi connectivity index (χ4v) is 3.01. The van der Waals surface area contributed by atoms with E-state index in [1.54, 1.807) is 0 Å². The molecule has 0 radical (unpaired) electrons. The Kier molecular flexibility index (Phi) is 3.79. The first-order valence-corrected chi connectivity index (χ1v) is 6.49.